The van der Waals surface area contributed by atoms with Crippen molar-refractivity contribution in [3.8, 4) is 11.3 Å². The van der Waals surface area contributed by atoms with Gasteiger partial charge in [-0.3, -0.25) is 4.68 Å². The van der Waals surface area contributed by atoms with E-state index in [1.807, 2.05) is 24.7 Å². The second kappa shape index (κ2) is 4.20. The number of H-pyrrole nitrogens is 1. The van der Waals surface area contributed by atoms with Crippen LogP contribution in [0.5, 0.6) is 0 Å². The summed E-state index contributed by atoms with van der Waals surface area (Å²) in [7, 11) is 1.93. The molecule has 98 valence electrons. The number of hydrogen-bond donors (Lipinski definition) is 2. The van der Waals surface area contributed by atoms with Gasteiger partial charge >= 0.3 is 0 Å². The number of imidazole rings is 1. The van der Waals surface area contributed by atoms with Crippen LogP contribution >= 0.6 is 0 Å². The van der Waals surface area contributed by atoms with Crippen molar-refractivity contribution >= 4 is 11.0 Å². The smallest absolute Gasteiger partial charge is 0.104 e. The third-order valence-electron chi connectivity index (χ3n) is 3.50. The van der Waals surface area contributed by atoms with Gasteiger partial charge in [-0.15, -0.1) is 0 Å². The first-order chi connectivity index (χ1) is 9.10. The molecule has 3 aromatic rings. The average Bonchev–Trinajstić information content (AvgIpc) is 2.87. The van der Waals surface area contributed by atoms with E-state index in [2.05, 4.69) is 34.1 Å². The molecule has 2 heterocycles. The number of rotatable bonds is 2. The minimum absolute atomic E-state index is 0.501. The Morgan fingerprint density at radius 1 is 1.32 bits per heavy atom. The monoisotopic (exact) mass is 255 g/mol. The van der Waals surface area contributed by atoms with Gasteiger partial charge in [0, 0.05) is 19.2 Å². The summed E-state index contributed by atoms with van der Waals surface area (Å²) in [4.78, 5) is 7.66. The van der Waals surface area contributed by atoms with Crippen LogP contribution in [0.1, 0.15) is 17.1 Å². The highest BCUT2D eigenvalue weighted by atomic mass is 15.3. The molecule has 0 aliphatic carbocycles. The summed E-state index contributed by atoms with van der Waals surface area (Å²) in [5, 5.41) is 4.57. The van der Waals surface area contributed by atoms with E-state index in [0.717, 1.165) is 39.4 Å². The van der Waals surface area contributed by atoms with Crippen LogP contribution in [0.3, 0.4) is 0 Å². The van der Waals surface area contributed by atoms with Gasteiger partial charge in [0.25, 0.3) is 0 Å². The normalized spacial score (nSPS) is 11.4. The molecule has 0 radical (unpaired) electrons. The van der Waals surface area contributed by atoms with Gasteiger partial charge in [0.2, 0.25) is 0 Å². The maximum absolute atomic E-state index is 5.76. The first-order valence-corrected chi connectivity index (χ1v) is 6.29. The van der Waals surface area contributed by atoms with Gasteiger partial charge in [-0.1, -0.05) is 6.07 Å². The zero-order valence-corrected chi connectivity index (χ0v) is 11.4. The molecule has 5 heteroatoms. The molecule has 0 aliphatic heterocycles. The fourth-order valence-corrected chi connectivity index (χ4v) is 2.51. The minimum Gasteiger partial charge on any atom is -0.342 e. The second-order valence-corrected chi connectivity index (χ2v) is 4.80. The van der Waals surface area contributed by atoms with E-state index in [0.29, 0.717) is 6.54 Å². The highest BCUT2D eigenvalue weighted by molar-refractivity contribution is 5.81. The summed E-state index contributed by atoms with van der Waals surface area (Å²) < 4.78 is 1.85. The highest BCUT2D eigenvalue weighted by Gasteiger charge is 2.13. The molecule has 0 bridgehead atoms. The lowest BCUT2D eigenvalue weighted by molar-refractivity contribution is 0.712. The molecule has 3 N–H and O–H groups in total. The number of fused-ring (bicyclic) bond motifs is 1. The van der Waals surface area contributed by atoms with E-state index in [-0.39, 0.29) is 0 Å². The van der Waals surface area contributed by atoms with Crippen molar-refractivity contribution in [1.82, 2.24) is 19.7 Å². The molecular weight excluding hydrogens is 238 g/mol. The van der Waals surface area contributed by atoms with Gasteiger partial charge < -0.3 is 10.7 Å². The summed E-state index contributed by atoms with van der Waals surface area (Å²) in [6.45, 7) is 4.52. The lowest BCUT2D eigenvalue weighted by atomic mass is 10.1. The predicted molar refractivity (Wildman–Crippen MR) is 75.7 cm³/mol. The maximum atomic E-state index is 5.76. The number of benzene rings is 1. The van der Waals surface area contributed by atoms with E-state index in [9.17, 15) is 0 Å². The fourth-order valence-electron chi connectivity index (χ4n) is 2.51. The Bertz CT molecular complexity index is 751. The largest absolute Gasteiger partial charge is 0.342 e. The highest BCUT2D eigenvalue weighted by Crippen LogP contribution is 2.26. The molecule has 0 amide bonds. The van der Waals surface area contributed by atoms with Crippen LogP contribution in [0.25, 0.3) is 22.3 Å². The molecule has 0 saturated heterocycles. The van der Waals surface area contributed by atoms with Gasteiger partial charge in [0.05, 0.1) is 22.4 Å². The number of aromatic nitrogens is 4. The summed E-state index contributed by atoms with van der Waals surface area (Å²) >= 11 is 0. The third-order valence-corrected chi connectivity index (χ3v) is 3.50. The molecule has 0 unspecified atom stereocenters. The van der Waals surface area contributed by atoms with E-state index in [1.165, 1.54) is 0 Å². The van der Waals surface area contributed by atoms with Crippen LogP contribution < -0.4 is 5.73 Å². The minimum atomic E-state index is 0.501. The zero-order valence-electron chi connectivity index (χ0n) is 11.4. The number of aryl methyl sites for hydroxylation is 2. The van der Waals surface area contributed by atoms with E-state index in [1.54, 1.807) is 0 Å². The third kappa shape index (κ3) is 1.82. The summed E-state index contributed by atoms with van der Waals surface area (Å²) in [5.41, 5.74) is 12.1. The SMILES string of the molecule is Cc1nc2ccc(-c3nn(C)c(CN)c3C)cc2[nH]1. The molecule has 19 heavy (non-hydrogen) atoms. The van der Waals surface area contributed by atoms with Crippen LogP contribution in [0, 0.1) is 13.8 Å². The van der Waals surface area contributed by atoms with Crippen LogP contribution in [0.15, 0.2) is 18.2 Å². The van der Waals surface area contributed by atoms with E-state index >= 15 is 0 Å². The van der Waals surface area contributed by atoms with Crippen LogP contribution in [-0.2, 0) is 13.6 Å². The van der Waals surface area contributed by atoms with Crippen molar-refractivity contribution in [2.75, 3.05) is 0 Å². The summed E-state index contributed by atoms with van der Waals surface area (Å²) in [6, 6.07) is 6.16. The molecule has 5 nitrogen and oxygen atoms in total. The number of aromatic amines is 1. The Balaban J connectivity index is 2.18. The number of nitrogens with one attached hydrogen (secondary N) is 1. The predicted octanol–water partition coefficient (Wildman–Crippen LogP) is 2.04. The first-order valence-electron chi connectivity index (χ1n) is 6.29. The molecular formula is C14H17N5. The van der Waals surface area contributed by atoms with Crippen LogP contribution in [0.2, 0.25) is 0 Å². The lowest BCUT2D eigenvalue weighted by Gasteiger charge is -1.99. The molecule has 3 rings (SSSR count). The van der Waals surface area contributed by atoms with Gasteiger partial charge in [0.1, 0.15) is 5.82 Å². The summed E-state index contributed by atoms with van der Waals surface area (Å²) in [6.07, 6.45) is 0. The molecule has 1 aromatic carbocycles. The Hall–Kier alpha value is -2.14. The molecule has 0 aliphatic rings. The number of nitrogens with two attached hydrogens (primary N) is 1. The number of nitrogens with zero attached hydrogens (tertiary/aromatic N) is 3. The standard InChI is InChI=1S/C14H17N5/c1-8-13(7-15)19(3)18-14(8)10-4-5-11-12(6-10)17-9(2)16-11/h4-6H,7,15H2,1-3H3,(H,16,17). The van der Waals surface area contributed by atoms with Gasteiger partial charge in [-0.05, 0) is 31.5 Å². The van der Waals surface area contributed by atoms with Gasteiger partial charge in [0.15, 0.2) is 0 Å². The van der Waals surface area contributed by atoms with Crippen molar-refractivity contribution in [1.29, 1.82) is 0 Å². The maximum Gasteiger partial charge on any atom is 0.104 e. The quantitative estimate of drug-likeness (QED) is 0.736. The van der Waals surface area contributed by atoms with Crippen molar-refractivity contribution in [2.45, 2.75) is 20.4 Å². The topological polar surface area (TPSA) is 72.5 Å². The average molecular weight is 255 g/mol. The Kier molecular flexibility index (Phi) is 2.64. The lowest BCUT2D eigenvalue weighted by Crippen LogP contribution is -2.05. The van der Waals surface area contributed by atoms with Crippen LogP contribution in [0.4, 0.5) is 0 Å². The second-order valence-electron chi connectivity index (χ2n) is 4.80. The van der Waals surface area contributed by atoms with Gasteiger partial charge in [-0.25, -0.2) is 4.98 Å². The summed E-state index contributed by atoms with van der Waals surface area (Å²) in [5.74, 6) is 0.924. The Morgan fingerprint density at radius 2 is 2.11 bits per heavy atom. The molecule has 2 aromatic heterocycles. The van der Waals surface area contributed by atoms with Crippen molar-refractivity contribution in [2.24, 2.45) is 12.8 Å². The molecule has 0 spiro atoms. The molecule has 0 saturated carbocycles. The van der Waals surface area contributed by atoms with E-state index < -0.39 is 0 Å². The molecule has 0 atom stereocenters. The van der Waals surface area contributed by atoms with E-state index in [4.69, 9.17) is 5.73 Å². The number of hydrogen-bond acceptors (Lipinski definition) is 3. The fraction of sp³-hybridized carbons (Fsp3) is 0.286. The zero-order chi connectivity index (χ0) is 13.6. The Labute approximate surface area is 111 Å². The van der Waals surface area contributed by atoms with Crippen molar-refractivity contribution in [3.63, 3.8) is 0 Å². The van der Waals surface area contributed by atoms with Crippen LogP contribution in [-0.4, -0.2) is 19.7 Å². The molecule has 0 fully saturated rings. The van der Waals surface area contributed by atoms with Crippen molar-refractivity contribution < 1.29 is 0 Å². The van der Waals surface area contributed by atoms with Gasteiger partial charge in [-0.2, -0.15) is 5.10 Å². The Morgan fingerprint density at radius 3 is 2.79 bits per heavy atom. The first kappa shape index (κ1) is 11.9. The van der Waals surface area contributed by atoms with Crippen molar-refractivity contribution in [3.05, 3.63) is 35.3 Å².